The summed E-state index contributed by atoms with van der Waals surface area (Å²) in [5.74, 6) is 1.03. The van der Waals surface area contributed by atoms with Crippen LogP contribution in [0.15, 0.2) is 36.4 Å². The Morgan fingerprint density at radius 2 is 0.758 bits per heavy atom. The predicted octanol–water partition coefficient (Wildman–Crippen LogP) is 14.7. The fourth-order valence-corrected chi connectivity index (χ4v) is 7.91. The molecule has 0 saturated heterocycles. The van der Waals surface area contributed by atoms with E-state index in [0.29, 0.717) is 26.1 Å². The average molecular weight is 863 g/mol. The second-order valence-electron chi connectivity index (χ2n) is 17.6. The number of hydrogen-bond donors (Lipinski definition) is 0. The van der Waals surface area contributed by atoms with E-state index in [0.717, 1.165) is 108 Å². The SMILES string of the molecule is CCCCCCCCOCC(COc1c2ccc(C)cc2c(OCC(COCCCCCCCC)OC(=O)CCCCCCC)c2ccc(C)cc12)OC(=O)CCCCCCC. The van der Waals surface area contributed by atoms with E-state index < -0.39 is 12.2 Å². The number of aryl methyl sites for hydroxylation is 2. The van der Waals surface area contributed by atoms with Crippen molar-refractivity contribution in [1.29, 1.82) is 0 Å². The number of rotatable bonds is 38. The third kappa shape index (κ3) is 21.3. The summed E-state index contributed by atoms with van der Waals surface area (Å²) < 4.78 is 38.0. The van der Waals surface area contributed by atoms with Gasteiger partial charge < -0.3 is 28.4 Å². The lowest BCUT2D eigenvalue weighted by Crippen LogP contribution is -2.30. The molecule has 0 heterocycles. The molecule has 3 rings (SSSR count). The summed E-state index contributed by atoms with van der Waals surface area (Å²) in [6.45, 7) is 15.2. The van der Waals surface area contributed by atoms with Crippen LogP contribution in [0.5, 0.6) is 11.5 Å². The molecule has 0 aliphatic carbocycles. The Kier molecular flexibility index (Phi) is 28.4. The van der Waals surface area contributed by atoms with Crippen molar-refractivity contribution in [3.8, 4) is 11.5 Å². The van der Waals surface area contributed by atoms with Crippen LogP contribution in [0.25, 0.3) is 21.5 Å². The maximum Gasteiger partial charge on any atom is 0.306 e. The molecule has 0 aliphatic rings. The van der Waals surface area contributed by atoms with Crippen LogP contribution in [0.3, 0.4) is 0 Å². The lowest BCUT2D eigenvalue weighted by molar-refractivity contribution is -0.155. The number of unbranched alkanes of at least 4 members (excludes halogenated alkanes) is 18. The molecule has 350 valence electrons. The van der Waals surface area contributed by atoms with Gasteiger partial charge in [0.1, 0.15) is 24.7 Å². The topological polar surface area (TPSA) is 89.5 Å². The Labute approximate surface area is 376 Å². The van der Waals surface area contributed by atoms with Gasteiger partial charge in [-0.25, -0.2) is 0 Å². The first-order valence-corrected chi connectivity index (χ1v) is 25.1. The highest BCUT2D eigenvalue weighted by Gasteiger charge is 2.23. The summed E-state index contributed by atoms with van der Waals surface area (Å²) in [4.78, 5) is 26.2. The molecule has 0 fully saturated rings. The van der Waals surface area contributed by atoms with Crippen molar-refractivity contribution < 1.29 is 38.0 Å². The van der Waals surface area contributed by atoms with Gasteiger partial charge in [0.25, 0.3) is 0 Å². The number of ether oxygens (including phenoxy) is 6. The maximum absolute atomic E-state index is 13.1. The van der Waals surface area contributed by atoms with Gasteiger partial charge in [0.2, 0.25) is 0 Å². The zero-order chi connectivity index (χ0) is 44.6. The van der Waals surface area contributed by atoms with Crippen molar-refractivity contribution in [3.05, 3.63) is 47.5 Å². The molecule has 2 unspecified atom stereocenters. The number of carbonyl (C=O) groups is 2. The van der Waals surface area contributed by atoms with Gasteiger partial charge >= 0.3 is 11.9 Å². The second kappa shape index (κ2) is 33.2. The number of carbonyl (C=O) groups excluding carboxylic acids is 2. The third-order valence-electron chi connectivity index (χ3n) is 11.6. The minimum atomic E-state index is -0.548. The van der Waals surface area contributed by atoms with Gasteiger partial charge in [-0.15, -0.1) is 0 Å². The molecule has 0 spiro atoms. The molecular weight excluding hydrogens is 777 g/mol. The smallest absolute Gasteiger partial charge is 0.306 e. The van der Waals surface area contributed by atoms with Crippen LogP contribution < -0.4 is 9.47 Å². The van der Waals surface area contributed by atoms with Gasteiger partial charge in [-0.1, -0.05) is 179 Å². The summed E-state index contributed by atoms with van der Waals surface area (Å²) in [7, 11) is 0. The minimum Gasteiger partial charge on any atom is -0.488 e. The van der Waals surface area contributed by atoms with Crippen molar-refractivity contribution in [2.45, 2.75) is 208 Å². The Bertz CT molecular complexity index is 1530. The molecule has 8 nitrogen and oxygen atoms in total. The molecule has 2 atom stereocenters. The van der Waals surface area contributed by atoms with E-state index in [4.69, 9.17) is 28.4 Å². The van der Waals surface area contributed by atoms with Gasteiger partial charge in [0.15, 0.2) is 12.2 Å². The molecule has 0 radical (unpaired) electrons. The van der Waals surface area contributed by atoms with E-state index in [1.807, 2.05) is 0 Å². The monoisotopic (exact) mass is 863 g/mol. The largest absolute Gasteiger partial charge is 0.488 e. The molecule has 0 N–H and O–H groups in total. The van der Waals surface area contributed by atoms with Gasteiger partial charge in [0, 0.05) is 47.6 Å². The lowest BCUT2D eigenvalue weighted by atomic mass is 9.97. The highest BCUT2D eigenvalue weighted by atomic mass is 16.6. The number of hydrogen-bond acceptors (Lipinski definition) is 8. The van der Waals surface area contributed by atoms with Crippen LogP contribution in [-0.2, 0) is 28.5 Å². The highest BCUT2D eigenvalue weighted by molar-refractivity contribution is 6.11. The molecule has 0 bridgehead atoms. The standard InChI is InChI=1S/C54H86O8/c1-7-11-15-19-23-27-35-57-39-45(61-51(55)29-25-21-17-13-9-3)41-59-53-47-33-31-44(6)38-50(47)54(48-34-32-43(5)37-49(48)53)60-42-46(40-58-36-28-24-20-16-12-8-2)62-52(56)30-26-22-18-14-10-4/h31-34,37-38,45-46H,7-30,35-36,39-42H2,1-6H3. The first-order valence-electron chi connectivity index (χ1n) is 25.1. The van der Waals surface area contributed by atoms with Crippen LogP contribution >= 0.6 is 0 Å². The molecule has 3 aromatic carbocycles. The zero-order valence-electron chi connectivity index (χ0n) is 40.1. The van der Waals surface area contributed by atoms with Crippen molar-refractivity contribution in [2.24, 2.45) is 0 Å². The second-order valence-corrected chi connectivity index (χ2v) is 17.6. The summed E-state index contributed by atoms with van der Waals surface area (Å²) in [6.07, 6.45) is 24.6. The van der Waals surface area contributed by atoms with Crippen LogP contribution in [0, 0.1) is 13.8 Å². The zero-order valence-corrected chi connectivity index (χ0v) is 40.1. The molecule has 62 heavy (non-hydrogen) atoms. The molecule has 0 amide bonds. The van der Waals surface area contributed by atoms with E-state index >= 15 is 0 Å². The van der Waals surface area contributed by atoms with Gasteiger partial charge in [-0.05, 0) is 51.7 Å². The van der Waals surface area contributed by atoms with Crippen LogP contribution in [-0.4, -0.2) is 63.8 Å². The predicted molar refractivity (Wildman–Crippen MR) is 257 cm³/mol. The van der Waals surface area contributed by atoms with Gasteiger partial charge in [0.05, 0.1) is 13.2 Å². The molecule has 3 aromatic rings. The van der Waals surface area contributed by atoms with Crippen LogP contribution in [0.4, 0.5) is 0 Å². The quantitative estimate of drug-likeness (QED) is 0.0320. The fraction of sp³-hybridized carbons (Fsp3) is 0.704. The van der Waals surface area contributed by atoms with E-state index in [-0.39, 0.29) is 38.4 Å². The molecule has 0 aliphatic heterocycles. The molecule has 0 aromatic heterocycles. The van der Waals surface area contributed by atoms with Crippen molar-refractivity contribution in [1.82, 2.24) is 0 Å². The molecule has 0 saturated carbocycles. The summed E-state index contributed by atoms with van der Waals surface area (Å²) >= 11 is 0. The van der Waals surface area contributed by atoms with Crippen molar-refractivity contribution in [3.63, 3.8) is 0 Å². The lowest BCUT2D eigenvalue weighted by Gasteiger charge is -2.23. The van der Waals surface area contributed by atoms with Crippen LogP contribution in [0.1, 0.15) is 193 Å². The maximum atomic E-state index is 13.1. The van der Waals surface area contributed by atoms with Crippen molar-refractivity contribution >= 4 is 33.5 Å². The van der Waals surface area contributed by atoms with E-state index in [1.54, 1.807) is 0 Å². The van der Waals surface area contributed by atoms with Crippen molar-refractivity contribution in [2.75, 3.05) is 39.6 Å². The first-order chi connectivity index (χ1) is 30.3. The van der Waals surface area contributed by atoms with E-state index in [9.17, 15) is 9.59 Å². The molecule has 8 heteroatoms. The van der Waals surface area contributed by atoms with Gasteiger partial charge in [-0.3, -0.25) is 9.59 Å². The minimum absolute atomic E-state index is 0.163. The summed E-state index contributed by atoms with van der Waals surface area (Å²) in [5.41, 5.74) is 2.17. The number of fused-ring (bicyclic) bond motifs is 2. The number of esters is 2. The number of benzene rings is 3. The summed E-state index contributed by atoms with van der Waals surface area (Å²) in [5, 5.41) is 3.62. The normalized spacial score (nSPS) is 12.5. The summed E-state index contributed by atoms with van der Waals surface area (Å²) in [6, 6.07) is 12.6. The first kappa shape index (κ1) is 53.0. The van der Waals surface area contributed by atoms with Crippen LogP contribution in [0.2, 0.25) is 0 Å². The fourth-order valence-electron chi connectivity index (χ4n) is 7.91. The average Bonchev–Trinajstić information content (AvgIpc) is 3.26. The Hall–Kier alpha value is -3.36. The Morgan fingerprint density at radius 1 is 0.419 bits per heavy atom. The Morgan fingerprint density at radius 3 is 1.13 bits per heavy atom. The third-order valence-corrected chi connectivity index (χ3v) is 11.6. The molecular formula is C54H86O8. The van der Waals surface area contributed by atoms with E-state index in [1.165, 1.54) is 77.0 Å². The van der Waals surface area contributed by atoms with E-state index in [2.05, 4.69) is 77.9 Å². The highest BCUT2D eigenvalue weighted by Crippen LogP contribution is 2.44. The van der Waals surface area contributed by atoms with Gasteiger partial charge in [-0.2, -0.15) is 0 Å². The Balaban J connectivity index is 1.84.